The summed E-state index contributed by atoms with van der Waals surface area (Å²) in [7, 11) is 0. The molecule has 0 spiro atoms. The number of hydrogen-bond donors (Lipinski definition) is 0. The Morgan fingerprint density at radius 3 is 2.47 bits per heavy atom. The quantitative estimate of drug-likeness (QED) is 0.684. The minimum absolute atomic E-state index is 0.148. The second kappa shape index (κ2) is 4.31. The van der Waals surface area contributed by atoms with Crippen LogP contribution in [0.4, 0.5) is 4.39 Å². The first-order valence-corrected chi connectivity index (χ1v) is 5.96. The largest absolute Gasteiger partial charge is 0.206 e. The molecule has 0 bridgehead atoms. The summed E-state index contributed by atoms with van der Waals surface area (Å²) in [5.74, 6) is -0.148. The number of halogens is 2. The monoisotopic (exact) mass is 266 g/mol. The molecule has 1 atom stereocenters. The average Bonchev–Trinajstić information content (AvgIpc) is 2.29. The van der Waals surface area contributed by atoms with Crippen LogP contribution < -0.4 is 0 Å². The van der Waals surface area contributed by atoms with Crippen LogP contribution in [0.2, 0.25) is 0 Å². The molecule has 0 aromatic heterocycles. The van der Waals surface area contributed by atoms with Gasteiger partial charge in [-0.15, -0.1) is 0 Å². The molecule has 0 fully saturated rings. The van der Waals surface area contributed by atoms with E-state index in [4.69, 9.17) is 0 Å². The van der Waals surface area contributed by atoms with E-state index in [2.05, 4.69) is 22.9 Å². The van der Waals surface area contributed by atoms with Gasteiger partial charge in [0.15, 0.2) is 0 Å². The van der Waals surface area contributed by atoms with E-state index in [-0.39, 0.29) is 5.82 Å². The van der Waals surface area contributed by atoms with Crippen LogP contribution in [-0.2, 0) is 0 Å². The van der Waals surface area contributed by atoms with Crippen molar-refractivity contribution in [1.82, 2.24) is 0 Å². The molecule has 2 rings (SSSR count). The molecule has 0 saturated heterocycles. The van der Waals surface area contributed by atoms with Gasteiger partial charge in [-0.1, -0.05) is 53.2 Å². The van der Waals surface area contributed by atoms with E-state index in [1.807, 2.05) is 30.3 Å². The van der Waals surface area contributed by atoms with E-state index < -0.39 is 0 Å². The van der Waals surface area contributed by atoms with Gasteiger partial charge < -0.3 is 0 Å². The first-order valence-electron chi connectivity index (χ1n) is 5.05. The van der Waals surface area contributed by atoms with Crippen LogP contribution in [0.3, 0.4) is 0 Å². The molecule has 2 heteroatoms. The van der Waals surface area contributed by atoms with Gasteiger partial charge in [0, 0.05) is 10.2 Å². The Labute approximate surface area is 97.2 Å². The van der Waals surface area contributed by atoms with Gasteiger partial charge in [-0.25, -0.2) is 4.39 Å². The van der Waals surface area contributed by atoms with E-state index >= 15 is 0 Å². The summed E-state index contributed by atoms with van der Waals surface area (Å²) >= 11 is 3.61. The number of alkyl halides is 1. The zero-order valence-electron chi connectivity index (χ0n) is 8.50. The lowest BCUT2D eigenvalue weighted by atomic mass is 10.0. The van der Waals surface area contributed by atoms with E-state index in [0.29, 0.717) is 10.2 Å². The molecule has 2 aromatic rings. The molecule has 0 aliphatic carbocycles. The molecule has 0 aliphatic heterocycles. The highest BCUT2D eigenvalue weighted by molar-refractivity contribution is 9.09. The van der Waals surface area contributed by atoms with E-state index in [0.717, 1.165) is 17.4 Å². The molecule has 2 aromatic carbocycles. The molecule has 0 saturated carbocycles. The lowest BCUT2D eigenvalue weighted by Gasteiger charge is -2.11. The normalized spacial score (nSPS) is 13.0. The summed E-state index contributed by atoms with van der Waals surface area (Å²) in [6, 6.07) is 11.0. The van der Waals surface area contributed by atoms with Gasteiger partial charge in [0.05, 0.1) is 0 Å². The smallest absolute Gasteiger partial charge is 0.131 e. The molecule has 0 N–H and O–H groups in total. The highest BCUT2D eigenvalue weighted by atomic mass is 79.9. The van der Waals surface area contributed by atoms with Gasteiger partial charge >= 0.3 is 0 Å². The van der Waals surface area contributed by atoms with Crippen LogP contribution in [0.25, 0.3) is 10.8 Å². The SMILES string of the molecule is CCC(Br)c1ccc(F)c2ccccc12. The van der Waals surface area contributed by atoms with Crippen molar-refractivity contribution in [2.24, 2.45) is 0 Å². The minimum Gasteiger partial charge on any atom is -0.206 e. The van der Waals surface area contributed by atoms with Crippen LogP contribution in [0.1, 0.15) is 23.7 Å². The van der Waals surface area contributed by atoms with Crippen LogP contribution in [0.5, 0.6) is 0 Å². The fourth-order valence-electron chi connectivity index (χ4n) is 1.78. The second-order valence-electron chi connectivity index (χ2n) is 3.56. The highest BCUT2D eigenvalue weighted by Gasteiger charge is 2.10. The average molecular weight is 267 g/mol. The zero-order valence-corrected chi connectivity index (χ0v) is 10.1. The summed E-state index contributed by atoms with van der Waals surface area (Å²) < 4.78 is 13.5. The fourth-order valence-corrected chi connectivity index (χ4v) is 2.18. The summed E-state index contributed by atoms with van der Waals surface area (Å²) in [6.45, 7) is 2.11. The van der Waals surface area contributed by atoms with Gasteiger partial charge in [0.25, 0.3) is 0 Å². The Balaban J connectivity index is 2.71. The molecule has 0 amide bonds. The third-order valence-corrected chi connectivity index (χ3v) is 3.74. The Kier molecular flexibility index (Phi) is 3.06. The molecule has 1 unspecified atom stereocenters. The van der Waals surface area contributed by atoms with Crippen molar-refractivity contribution >= 4 is 26.7 Å². The Morgan fingerprint density at radius 1 is 1.13 bits per heavy atom. The van der Waals surface area contributed by atoms with Gasteiger partial charge in [0.2, 0.25) is 0 Å². The van der Waals surface area contributed by atoms with Crippen LogP contribution in [0.15, 0.2) is 36.4 Å². The number of rotatable bonds is 2. The van der Waals surface area contributed by atoms with E-state index in [9.17, 15) is 4.39 Å². The molecule has 15 heavy (non-hydrogen) atoms. The molecule has 0 aliphatic rings. The number of benzene rings is 2. The third-order valence-electron chi connectivity index (χ3n) is 2.60. The summed E-state index contributed by atoms with van der Waals surface area (Å²) in [5.41, 5.74) is 1.16. The summed E-state index contributed by atoms with van der Waals surface area (Å²) in [6.07, 6.45) is 0.996. The Bertz CT molecular complexity index is 479. The van der Waals surface area contributed by atoms with Crippen LogP contribution in [0, 0.1) is 5.82 Å². The van der Waals surface area contributed by atoms with Gasteiger partial charge in [-0.2, -0.15) is 0 Å². The third kappa shape index (κ3) is 1.91. The van der Waals surface area contributed by atoms with Crippen LogP contribution >= 0.6 is 15.9 Å². The lowest BCUT2D eigenvalue weighted by molar-refractivity contribution is 0.639. The number of fused-ring (bicyclic) bond motifs is 1. The zero-order chi connectivity index (χ0) is 10.8. The van der Waals surface area contributed by atoms with Crippen molar-refractivity contribution in [3.8, 4) is 0 Å². The first kappa shape index (κ1) is 10.6. The van der Waals surface area contributed by atoms with Gasteiger partial charge in [0.1, 0.15) is 5.82 Å². The number of hydrogen-bond acceptors (Lipinski definition) is 0. The Morgan fingerprint density at radius 2 is 1.80 bits per heavy atom. The molecule has 0 radical (unpaired) electrons. The maximum absolute atomic E-state index is 13.5. The fraction of sp³-hybridized carbons (Fsp3) is 0.231. The highest BCUT2D eigenvalue weighted by Crippen LogP contribution is 2.32. The summed E-state index contributed by atoms with van der Waals surface area (Å²) in [5, 5.41) is 1.70. The minimum atomic E-state index is -0.148. The molecule has 78 valence electrons. The maximum atomic E-state index is 13.5. The van der Waals surface area contributed by atoms with E-state index in [1.165, 1.54) is 0 Å². The van der Waals surface area contributed by atoms with Crippen molar-refractivity contribution in [2.45, 2.75) is 18.2 Å². The lowest BCUT2D eigenvalue weighted by Crippen LogP contribution is -1.91. The van der Waals surface area contributed by atoms with Crippen molar-refractivity contribution in [3.63, 3.8) is 0 Å². The van der Waals surface area contributed by atoms with Crippen molar-refractivity contribution in [1.29, 1.82) is 0 Å². The van der Waals surface area contributed by atoms with Crippen molar-refractivity contribution < 1.29 is 4.39 Å². The summed E-state index contributed by atoms with van der Waals surface area (Å²) in [4.78, 5) is 0.294. The maximum Gasteiger partial charge on any atom is 0.131 e. The molecule has 0 heterocycles. The molecule has 0 nitrogen and oxygen atoms in total. The second-order valence-corrected chi connectivity index (χ2v) is 4.66. The first-order chi connectivity index (χ1) is 7.24. The predicted molar refractivity (Wildman–Crippen MR) is 65.9 cm³/mol. The van der Waals surface area contributed by atoms with Gasteiger partial charge in [-0.3, -0.25) is 0 Å². The standard InChI is InChI=1S/C13H12BrF/c1-2-12(14)10-7-8-13(15)11-6-4-3-5-9(10)11/h3-8,12H,2H2,1H3. The molecular weight excluding hydrogens is 255 g/mol. The van der Waals surface area contributed by atoms with Crippen molar-refractivity contribution in [2.75, 3.05) is 0 Å². The predicted octanol–water partition coefficient (Wildman–Crippen LogP) is 4.82. The topological polar surface area (TPSA) is 0 Å². The van der Waals surface area contributed by atoms with E-state index in [1.54, 1.807) is 6.07 Å². The van der Waals surface area contributed by atoms with Crippen molar-refractivity contribution in [3.05, 3.63) is 47.8 Å². The molecular formula is C13H12BrF. The Hall–Kier alpha value is -0.890. The van der Waals surface area contributed by atoms with Crippen LogP contribution in [-0.4, -0.2) is 0 Å². The van der Waals surface area contributed by atoms with Gasteiger partial charge in [-0.05, 0) is 23.4 Å².